The van der Waals surface area contributed by atoms with Crippen molar-refractivity contribution in [1.82, 2.24) is 15.3 Å². The summed E-state index contributed by atoms with van der Waals surface area (Å²) in [4.78, 5) is 20.6. The van der Waals surface area contributed by atoms with Crippen LogP contribution in [0.1, 0.15) is 25.1 Å². The zero-order valence-electron chi connectivity index (χ0n) is 12.2. The summed E-state index contributed by atoms with van der Waals surface area (Å²) in [7, 11) is 0. The van der Waals surface area contributed by atoms with Crippen LogP contribution in [0.4, 0.5) is 0 Å². The number of nitrogens with zero attached hydrogens (tertiary/aromatic N) is 2. The van der Waals surface area contributed by atoms with Gasteiger partial charge in [0.05, 0.1) is 24.5 Å². The maximum Gasteiger partial charge on any atom is 0.261 e. The molecule has 0 saturated carbocycles. The van der Waals surface area contributed by atoms with Gasteiger partial charge < -0.3 is 14.8 Å². The predicted molar refractivity (Wildman–Crippen MR) is 79.6 cm³/mol. The van der Waals surface area contributed by atoms with E-state index in [1.165, 1.54) is 0 Å². The summed E-state index contributed by atoms with van der Waals surface area (Å²) in [5.41, 5.74) is 0.709. The fourth-order valence-corrected chi connectivity index (χ4v) is 2.25. The van der Waals surface area contributed by atoms with Crippen molar-refractivity contribution >= 4 is 5.91 Å². The van der Waals surface area contributed by atoms with E-state index in [1.807, 2.05) is 25.1 Å². The lowest BCUT2D eigenvalue weighted by molar-refractivity contribution is -0.128. The van der Waals surface area contributed by atoms with Crippen LogP contribution in [0.25, 0.3) is 0 Å². The first-order valence-corrected chi connectivity index (χ1v) is 7.19. The lowest BCUT2D eigenvalue weighted by atomic mass is 10.2. The van der Waals surface area contributed by atoms with Crippen LogP contribution in [0.15, 0.2) is 42.9 Å². The second-order valence-corrected chi connectivity index (χ2v) is 5.05. The summed E-state index contributed by atoms with van der Waals surface area (Å²) in [6.07, 6.45) is 4.75. The number of para-hydroxylation sites is 2. The first kappa shape index (κ1) is 14.3. The highest BCUT2D eigenvalue weighted by Crippen LogP contribution is 2.30. The van der Waals surface area contributed by atoms with Crippen LogP contribution < -0.4 is 14.8 Å². The molecule has 0 saturated heterocycles. The number of hydrogen-bond donors (Lipinski definition) is 1. The van der Waals surface area contributed by atoms with Crippen LogP contribution in [0.5, 0.6) is 11.5 Å². The second-order valence-electron chi connectivity index (χ2n) is 5.05. The standard InChI is InChI=1S/C16H17N3O3/c1-11(12-10-17-7-8-18-12)19-16(20)15-6-9-21-13-4-2-3-5-14(13)22-15/h2-5,7-8,10-11,15H,6,9H2,1H3,(H,19,20)/t11-,15?/m1/s1. The fourth-order valence-electron chi connectivity index (χ4n) is 2.25. The third kappa shape index (κ3) is 3.16. The van der Waals surface area contributed by atoms with Gasteiger partial charge in [0.15, 0.2) is 17.6 Å². The zero-order valence-corrected chi connectivity index (χ0v) is 12.2. The van der Waals surface area contributed by atoms with Gasteiger partial charge in [0, 0.05) is 18.8 Å². The van der Waals surface area contributed by atoms with Crippen molar-refractivity contribution in [3.05, 3.63) is 48.5 Å². The molecule has 0 radical (unpaired) electrons. The van der Waals surface area contributed by atoms with Crippen LogP contribution in [0, 0.1) is 0 Å². The Morgan fingerprint density at radius 3 is 2.91 bits per heavy atom. The maximum atomic E-state index is 12.4. The maximum absolute atomic E-state index is 12.4. The molecule has 114 valence electrons. The molecule has 1 unspecified atom stereocenters. The van der Waals surface area contributed by atoms with Crippen LogP contribution in [-0.2, 0) is 4.79 Å². The van der Waals surface area contributed by atoms with Crippen molar-refractivity contribution in [3.63, 3.8) is 0 Å². The molecule has 2 heterocycles. The van der Waals surface area contributed by atoms with E-state index in [1.54, 1.807) is 24.7 Å². The minimum atomic E-state index is -0.581. The van der Waals surface area contributed by atoms with Gasteiger partial charge >= 0.3 is 0 Å². The van der Waals surface area contributed by atoms with Gasteiger partial charge in [0.1, 0.15) is 0 Å². The van der Waals surface area contributed by atoms with E-state index in [9.17, 15) is 4.79 Å². The summed E-state index contributed by atoms with van der Waals surface area (Å²) < 4.78 is 11.4. The Balaban J connectivity index is 1.68. The third-order valence-corrected chi connectivity index (χ3v) is 3.43. The Kier molecular flexibility index (Phi) is 4.18. The smallest absolute Gasteiger partial charge is 0.261 e. The molecule has 22 heavy (non-hydrogen) atoms. The number of benzene rings is 1. The molecule has 0 fully saturated rings. The Bertz CT molecular complexity index is 648. The van der Waals surface area contributed by atoms with E-state index in [-0.39, 0.29) is 11.9 Å². The van der Waals surface area contributed by atoms with Gasteiger partial charge in [-0.1, -0.05) is 12.1 Å². The Morgan fingerprint density at radius 1 is 1.32 bits per heavy atom. The van der Waals surface area contributed by atoms with Gasteiger partial charge in [-0.15, -0.1) is 0 Å². The van der Waals surface area contributed by atoms with Gasteiger partial charge in [-0.05, 0) is 19.1 Å². The lowest BCUT2D eigenvalue weighted by Gasteiger charge is -2.19. The highest BCUT2D eigenvalue weighted by Gasteiger charge is 2.26. The number of nitrogens with one attached hydrogen (secondary N) is 1. The highest BCUT2D eigenvalue weighted by molar-refractivity contribution is 5.81. The van der Waals surface area contributed by atoms with Crippen LogP contribution >= 0.6 is 0 Å². The fraction of sp³-hybridized carbons (Fsp3) is 0.312. The quantitative estimate of drug-likeness (QED) is 0.937. The van der Waals surface area contributed by atoms with Gasteiger partial charge in [-0.2, -0.15) is 0 Å². The Morgan fingerprint density at radius 2 is 2.14 bits per heavy atom. The summed E-state index contributed by atoms with van der Waals surface area (Å²) in [6.45, 7) is 2.30. The summed E-state index contributed by atoms with van der Waals surface area (Å²) in [5.74, 6) is 1.07. The first-order valence-electron chi connectivity index (χ1n) is 7.19. The molecular weight excluding hydrogens is 282 g/mol. The van der Waals surface area contributed by atoms with Gasteiger partial charge in [-0.3, -0.25) is 14.8 Å². The van der Waals surface area contributed by atoms with Crippen molar-refractivity contribution < 1.29 is 14.3 Å². The van der Waals surface area contributed by atoms with E-state index < -0.39 is 6.10 Å². The minimum Gasteiger partial charge on any atom is -0.490 e. The Hall–Kier alpha value is -2.63. The molecular formula is C16H17N3O3. The minimum absolute atomic E-state index is 0.182. The van der Waals surface area contributed by atoms with Crippen molar-refractivity contribution in [2.75, 3.05) is 6.61 Å². The lowest BCUT2D eigenvalue weighted by Crippen LogP contribution is -2.40. The number of fused-ring (bicyclic) bond motifs is 1. The predicted octanol–water partition coefficient (Wildman–Crippen LogP) is 1.88. The summed E-state index contributed by atoms with van der Waals surface area (Å²) in [5, 5.41) is 2.90. The number of carbonyl (C=O) groups excluding carboxylic acids is 1. The number of carbonyl (C=O) groups is 1. The molecule has 1 N–H and O–H groups in total. The largest absolute Gasteiger partial charge is 0.490 e. The molecule has 1 amide bonds. The number of hydrogen-bond acceptors (Lipinski definition) is 5. The van der Waals surface area contributed by atoms with Crippen molar-refractivity contribution in [2.45, 2.75) is 25.5 Å². The van der Waals surface area contributed by atoms with Crippen molar-refractivity contribution in [2.24, 2.45) is 0 Å². The normalized spacial score (nSPS) is 18.1. The molecule has 2 atom stereocenters. The van der Waals surface area contributed by atoms with E-state index in [2.05, 4.69) is 15.3 Å². The Labute approximate surface area is 128 Å². The topological polar surface area (TPSA) is 73.3 Å². The van der Waals surface area contributed by atoms with E-state index in [0.29, 0.717) is 30.2 Å². The molecule has 0 spiro atoms. The van der Waals surface area contributed by atoms with E-state index in [0.717, 1.165) is 0 Å². The average molecular weight is 299 g/mol. The van der Waals surface area contributed by atoms with Crippen LogP contribution in [0.3, 0.4) is 0 Å². The van der Waals surface area contributed by atoms with E-state index in [4.69, 9.17) is 9.47 Å². The molecule has 1 aliphatic heterocycles. The summed E-state index contributed by atoms with van der Waals surface area (Å²) in [6, 6.07) is 7.12. The monoisotopic (exact) mass is 299 g/mol. The van der Waals surface area contributed by atoms with E-state index >= 15 is 0 Å². The third-order valence-electron chi connectivity index (χ3n) is 3.43. The number of aromatic nitrogens is 2. The highest BCUT2D eigenvalue weighted by atomic mass is 16.5. The summed E-state index contributed by atoms with van der Waals surface area (Å²) >= 11 is 0. The first-order chi connectivity index (χ1) is 10.7. The molecule has 1 aromatic carbocycles. The van der Waals surface area contributed by atoms with Crippen molar-refractivity contribution in [1.29, 1.82) is 0 Å². The molecule has 1 aliphatic rings. The van der Waals surface area contributed by atoms with Crippen molar-refractivity contribution in [3.8, 4) is 11.5 Å². The molecule has 2 aromatic rings. The molecule has 6 heteroatoms. The second kappa shape index (κ2) is 6.43. The molecule has 0 bridgehead atoms. The van der Waals surface area contributed by atoms with Gasteiger partial charge in [0.2, 0.25) is 0 Å². The number of rotatable bonds is 3. The zero-order chi connectivity index (χ0) is 15.4. The van der Waals surface area contributed by atoms with Crippen LogP contribution in [0.2, 0.25) is 0 Å². The van der Waals surface area contributed by atoms with Crippen LogP contribution in [-0.4, -0.2) is 28.6 Å². The molecule has 0 aliphatic carbocycles. The van der Waals surface area contributed by atoms with Gasteiger partial charge in [0.25, 0.3) is 5.91 Å². The van der Waals surface area contributed by atoms with Gasteiger partial charge in [-0.25, -0.2) is 0 Å². The number of ether oxygens (including phenoxy) is 2. The molecule has 1 aromatic heterocycles. The SMILES string of the molecule is C[C@@H](NC(=O)C1CCOc2ccccc2O1)c1cnccn1. The number of amides is 1. The molecule has 6 nitrogen and oxygen atoms in total. The average Bonchev–Trinajstić information content (AvgIpc) is 2.78. The molecule has 3 rings (SSSR count).